The van der Waals surface area contributed by atoms with Crippen molar-refractivity contribution in [2.45, 2.75) is 0 Å². The van der Waals surface area contributed by atoms with Crippen LogP contribution in [0, 0.1) is 0 Å². The minimum absolute atomic E-state index is 0.166. The standard InChI is InChI=1S/C9H11NO3/c1-6(9(11)12)7-4-13-5-8(7)10-2-3-10/h1-5H2,(H,11,12). The summed E-state index contributed by atoms with van der Waals surface area (Å²) >= 11 is 0. The molecule has 2 aliphatic rings. The van der Waals surface area contributed by atoms with Crippen LogP contribution in [-0.4, -0.2) is 42.3 Å². The number of carboxylic acids is 1. The van der Waals surface area contributed by atoms with Gasteiger partial charge in [-0.1, -0.05) is 6.58 Å². The maximum absolute atomic E-state index is 10.7. The van der Waals surface area contributed by atoms with Gasteiger partial charge in [-0.2, -0.15) is 0 Å². The molecule has 4 nitrogen and oxygen atoms in total. The Bertz CT molecular complexity index is 302. The Hall–Kier alpha value is -1.29. The average Bonchev–Trinajstić information content (AvgIpc) is 2.83. The SMILES string of the molecule is C=C(C(=O)O)C1=C(N2CC2)COC1. The van der Waals surface area contributed by atoms with Crippen LogP contribution in [0.3, 0.4) is 0 Å². The second kappa shape index (κ2) is 2.88. The molecule has 0 aliphatic carbocycles. The number of hydrogen-bond acceptors (Lipinski definition) is 3. The molecule has 2 heterocycles. The maximum atomic E-state index is 10.7. The van der Waals surface area contributed by atoms with Crippen LogP contribution in [0.25, 0.3) is 0 Å². The molecule has 0 aromatic carbocycles. The number of hydrogen-bond donors (Lipinski definition) is 1. The van der Waals surface area contributed by atoms with E-state index in [0.29, 0.717) is 13.2 Å². The summed E-state index contributed by atoms with van der Waals surface area (Å²) < 4.78 is 5.20. The third-order valence-corrected chi connectivity index (χ3v) is 2.28. The Labute approximate surface area is 76.1 Å². The topological polar surface area (TPSA) is 49.5 Å². The van der Waals surface area contributed by atoms with E-state index in [-0.39, 0.29) is 5.57 Å². The Kier molecular flexibility index (Phi) is 1.84. The zero-order chi connectivity index (χ0) is 9.42. The predicted octanol–water partition coefficient (Wildman–Crippen LogP) is 0.227. The van der Waals surface area contributed by atoms with Crippen molar-refractivity contribution in [1.29, 1.82) is 0 Å². The van der Waals surface area contributed by atoms with Crippen molar-refractivity contribution in [3.05, 3.63) is 23.4 Å². The van der Waals surface area contributed by atoms with Gasteiger partial charge >= 0.3 is 5.97 Å². The van der Waals surface area contributed by atoms with Crippen molar-refractivity contribution in [2.24, 2.45) is 0 Å². The van der Waals surface area contributed by atoms with Gasteiger partial charge in [0.15, 0.2) is 0 Å². The molecule has 0 saturated carbocycles. The molecule has 0 radical (unpaired) electrons. The van der Waals surface area contributed by atoms with Crippen molar-refractivity contribution in [1.82, 2.24) is 4.90 Å². The van der Waals surface area contributed by atoms with Crippen molar-refractivity contribution in [2.75, 3.05) is 26.3 Å². The summed E-state index contributed by atoms with van der Waals surface area (Å²) in [5.41, 5.74) is 1.93. The van der Waals surface area contributed by atoms with Gasteiger partial charge in [-0.25, -0.2) is 4.79 Å². The average molecular weight is 181 g/mol. The van der Waals surface area contributed by atoms with Gasteiger partial charge in [0.25, 0.3) is 0 Å². The first-order valence-electron chi connectivity index (χ1n) is 4.17. The zero-order valence-electron chi connectivity index (χ0n) is 7.25. The molecule has 2 rings (SSSR count). The second-order valence-electron chi connectivity index (χ2n) is 3.19. The lowest BCUT2D eigenvalue weighted by Gasteiger charge is -2.05. The number of carboxylic acid groups (broad SMARTS) is 1. The van der Waals surface area contributed by atoms with Crippen molar-refractivity contribution in [3.63, 3.8) is 0 Å². The van der Waals surface area contributed by atoms with Gasteiger partial charge in [-0.3, -0.25) is 0 Å². The molecule has 0 aromatic heterocycles. The van der Waals surface area contributed by atoms with Crippen LogP contribution in [-0.2, 0) is 9.53 Å². The summed E-state index contributed by atoms with van der Waals surface area (Å²) in [5, 5.41) is 8.75. The number of ether oxygens (including phenoxy) is 1. The highest BCUT2D eigenvalue weighted by atomic mass is 16.5. The van der Waals surface area contributed by atoms with Gasteiger partial charge in [0, 0.05) is 24.4 Å². The lowest BCUT2D eigenvalue weighted by molar-refractivity contribution is -0.132. The molecular weight excluding hydrogens is 170 g/mol. The van der Waals surface area contributed by atoms with Crippen LogP contribution >= 0.6 is 0 Å². The number of aliphatic carboxylic acids is 1. The van der Waals surface area contributed by atoms with Crippen molar-refractivity contribution >= 4 is 5.97 Å². The minimum atomic E-state index is -0.958. The summed E-state index contributed by atoms with van der Waals surface area (Å²) in [6, 6.07) is 0. The van der Waals surface area contributed by atoms with Gasteiger partial charge in [0.05, 0.1) is 18.8 Å². The van der Waals surface area contributed by atoms with Gasteiger partial charge < -0.3 is 14.7 Å². The van der Waals surface area contributed by atoms with Gasteiger partial charge in [-0.15, -0.1) is 0 Å². The highest BCUT2D eigenvalue weighted by molar-refractivity contribution is 5.91. The maximum Gasteiger partial charge on any atom is 0.335 e. The molecule has 0 unspecified atom stereocenters. The van der Waals surface area contributed by atoms with Crippen LogP contribution < -0.4 is 0 Å². The fourth-order valence-electron chi connectivity index (χ4n) is 1.41. The molecular formula is C9H11NO3. The molecule has 0 amide bonds. The number of rotatable bonds is 3. The van der Waals surface area contributed by atoms with E-state index in [2.05, 4.69) is 11.5 Å². The van der Waals surface area contributed by atoms with E-state index in [0.717, 1.165) is 24.4 Å². The third-order valence-electron chi connectivity index (χ3n) is 2.28. The Morgan fingerprint density at radius 2 is 2.15 bits per heavy atom. The molecule has 0 atom stereocenters. The molecule has 4 heteroatoms. The Morgan fingerprint density at radius 3 is 2.69 bits per heavy atom. The minimum Gasteiger partial charge on any atom is -0.478 e. The fraction of sp³-hybridized carbons (Fsp3) is 0.444. The highest BCUT2D eigenvalue weighted by Crippen LogP contribution is 2.27. The smallest absolute Gasteiger partial charge is 0.335 e. The van der Waals surface area contributed by atoms with E-state index in [1.165, 1.54) is 0 Å². The van der Waals surface area contributed by atoms with Crippen LogP contribution in [0.4, 0.5) is 0 Å². The Balaban J connectivity index is 2.23. The second-order valence-corrected chi connectivity index (χ2v) is 3.19. The molecule has 70 valence electrons. The van der Waals surface area contributed by atoms with E-state index >= 15 is 0 Å². The summed E-state index contributed by atoms with van der Waals surface area (Å²) in [6.45, 7) is 6.47. The lowest BCUT2D eigenvalue weighted by atomic mass is 10.1. The first kappa shape index (κ1) is 8.31. The third kappa shape index (κ3) is 1.45. The van der Waals surface area contributed by atoms with Crippen LogP contribution in [0.15, 0.2) is 23.4 Å². The summed E-state index contributed by atoms with van der Waals surface area (Å²) in [6.07, 6.45) is 0. The van der Waals surface area contributed by atoms with Crippen LogP contribution in [0.5, 0.6) is 0 Å². The molecule has 0 spiro atoms. The molecule has 1 N–H and O–H groups in total. The Morgan fingerprint density at radius 1 is 1.46 bits per heavy atom. The largest absolute Gasteiger partial charge is 0.478 e. The first-order chi connectivity index (χ1) is 6.20. The monoisotopic (exact) mass is 181 g/mol. The first-order valence-corrected chi connectivity index (χ1v) is 4.17. The number of nitrogens with zero attached hydrogens (tertiary/aromatic N) is 1. The van der Waals surface area contributed by atoms with Gasteiger partial charge in [0.2, 0.25) is 0 Å². The normalized spacial score (nSPS) is 20.8. The van der Waals surface area contributed by atoms with E-state index in [1.54, 1.807) is 0 Å². The van der Waals surface area contributed by atoms with E-state index < -0.39 is 5.97 Å². The highest BCUT2D eigenvalue weighted by Gasteiger charge is 2.29. The molecule has 1 saturated heterocycles. The molecule has 1 fully saturated rings. The van der Waals surface area contributed by atoms with E-state index in [9.17, 15) is 4.79 Å². The van der Waals surface area contributed by atoms with Crippen LogP contribution in [0.1, 0.15) is 0 Å². The van der Waals surface area contributed by atoms with E-state index in [1.807, 2.05) is 0 Å². The molecule has 0 bridgehead atoms. The number of carbonyl (C=O) groups is 1. The quantitative estimate of drug-likeness (QED) is 0.500. The zero-order valence-corrected chi connectivity index (χ0v) is 7.25. The van der Waals surface area contributed by atoms with Crippen LogP contribution in [0.2, 0.25) is 0 Å². The van der Waals surface area contributed by atoms with Crippen molar-refractivity contribution < 1.29 is 14.6 Å². The summed E-state index contributed by atoms with van der Waals surface area (Å²) in [7, 11) is 0. The fourth-order valence-corrected chi connectivity index (χ4v) is 1.41. The van der Waals surface area contributed by atoms with Gasteiger partial charge in [0.1, 0.15) is 0 Å². The summed E-state index contributed by atoms with van der Waals surface area (Å²) in [5.74, 6) is -0.958. The summed E-state index contributed by atoms with van der Waals surface area (Å²) in [4.78, 5) is 12.8. The lowest BCUT2D eigenvalue weighted by Crippen LogP contribution is -2.07. The molecule has 13 heavy (non-hydrogen) atoms. The van der Waals surface area contributed by atoms with Crippen molar-refractivity contribution in [3.8, 4) is 0 Å². The van der Waals surface area contributed by atoms with E-state index in [4.69, 9.17) is 9.84 Å². The predicted molar refractivity (Wildman–Crippen MR) is 46.2 cm³/mol. The van der Waals surface area contributed by atoms with Gasteiger partial charge in [-0.05, 0) is 0 Å². The molecule has 0 aromatic rings. The molecule has 2 aliphatic heterocycles.